The van der Waals surface area contributed by atoms with Crippen LogP contribution in [0, 0.1) is 11.8 Å². The SMILES string of the molecule is CC(C)C(Oc1ccc2cc(CN3CC(C(=O)O)C3)ccc2c1)c1cnc2[nH]nc(Cl)c2c1. The van der Waals surface area contributed by atoms with Crippen LogP contribution in [0.5, 0.6) is 5.75 Å². The molecule has 0 amide bonds. The van der Waals surface area contributed by atoms with Crippen LogP contribution in [-0.2, 0) is 11.3 Å². The van der Waals surface area contributed by atoms with Gasteiger partial charge in [-0.2, -0.15) is 5.10 Å². The number of carboxylic acid groups (broad SMARTS) is 1. The lowest BCUT2D eigenvalue weighted by molar-refractivity contribution is -0.147. The van der Waals surface area contributed by atoms with Gasteiger partial charge in [0.25, 0.3) is 0 Å². The van der Waals surface area contributed by atoms with Crippen molar-refractivity contribution in [1.29, 1.82) is 0 Å². The molecule has 1 aliphatic rings. The minimum atomic E-state index is -0.708. The van der Waals surface area contributed by atoms with Crippen molar-refractivity contribution in [1.82, 2.24) is 20.1 Å². The molecule has 3 heterocycles. The summed E-state index contributed by atoms with van der Waals surface area (Å²) < 4.78 is 6.41. The van der Waals surface area contributed by atoms with E-state index in [1.807, 2.05) is 12.1 Å². The molecule has 1 atom stereocenters. The first-order valence-electron chi connectivity index (χ1n) is 11.0. The third-order valence-corrected chi connectivity index (χ3v) is 6.46. The van der Waals surface area contributed by atoms with Crippen LogP contribution in [0.4, 0.5) is 0 Å². The van der Waals surface area contributed by atoms with Gasteiger partial charge in [-0.3, -0.25) is 14.8 Å². The highest BCUT2D eigenvalue weighted by atomic mass is 35.5. The summed E-state index contributed by atoms with van der Waals surface area (Å²) in [5.41, 5.74) is 2.78. The molecule has 7 nitrogen and oxygen atoms in total. The lowest BCUT2D eigenvalue weighted by atomic mass is 9.98. The third kappa shape index (κ3) is 4.38. The van der Waals surface area contributed by atoms with E-state index in [0.717, 1.165) is 34.0 Å². The number of fused-ring (bicyclic) bond motifs is 2. The number of likely N-dealkylation sites (tertiary alicyclic amines) is 1. The molecule has 0 aliphatic carbocycles. The number of benzene rings is 2. The summed E-state index contributed by atoms with van der Waals surface area (Å²) in [6.45, 7) is 6.22. The standard InChI is InChI=1S/C25H25ClN4O3/c1-14(2)22(18-9-21-23(26)28-29-24(21)27-10-18)33-20-6-5-16-7-15(3-4-17(16)8-20)11-30-12-19(13-30)25(31)32/h3-10,14,19,22H,11-13H2,1-2H3,(H,31,32)(H,27,28,29). The highest BCUT2D eigenvalue weighted by Crippen LogP contribution is 2.32. The fourth-order valence-electron chi connectivity index (χ4n) is 4.34. The number of hydrogen-bond acceptors (Lipinski definition) is 5. The van der Waals surface area contributed by atoms with Crippen LogP contribution in [-0.4, -0.2) is 44.2 Å². The molecule has 1 fully saturated rings. The average Bonchev–Trinajstić information content (AvgIpc) is 3.13. The minimum absolute atomic E-state index is 0.182. The number of hydrogen-bond donors (Lipinski definition) is 2. The van der Waals surface area contributed by atoms with Crippen LogP contribution < -0.4 is 4.74 Å². The van der Waals surface area contributed by atoms with Crippen molar-refractivity contribution in [2.75, 3.05) is 13.1 Å². The van der Waals surface area contributed by atoms with Crippen LogP contribution in [0.25, 0.3) is 21.8 Å². The van der Waals surface area contributed by atoms with Gasteiger partial charge in [0.15, 0.2) is 10.8 Å². The topological polar surface area (TPSA) is 91.3 Å². The molecule has 1 unspecified atom stereocenters. The Morgan fingerprint density at radius 1 is 1.21 bits per heavy atom. The molecule has 0 bridgehead atoms. The average molecular weight is 465 g/mol. The van der Waals surface area contributed by atoms with Crippen LogP contribution in [0.2, 0.25) is 5.15 Å². The number of nitrogens with one attached hydrogen (secondary N) is 1. The summed E-state index contributed by atoms with van der Waals surface area (Å²) in [6, 6.07) is 14.4. The molecule has 1 aliphatic heterocycles. The minimum Gasteiger partial charge on any atom is -0.485 e. The zero-order valence-corrected chi connectivity index (χ0v) is 19.2. The Bertz CT molecular complexity index is 1330. The third-order valence-electron chi connectivity index (χ3n) is 6.18. The second-order valence-corrected chi connectivity index (χ2v) is 9.39. The highest BCUT2D eigenvalue weighted by Gasteiger charge is 2.32. The zero-order valence-electron chi connectivity index (χ0n) is 18.5. The van der Waals surface area contributed by atoms with E-state index in [1.54, 1.807) is 6.20 Å². The van der Waals surface area contributed by atoms with Crippen molar-refractivity contribution in [2.45, 2.75) is 26.5 Å². The van der Waals surface area contributed by atoms with E-state index in [9.17, 15) is 4.79 Å². The maximum Gasteiger partial charge on any atom is 0.309 e. The molecule has 0 spiro atoms. The first kappa shape index (κ1) is 21.7. The van der Waals surface area contributed by atoms with Crippen molar-refractivity contribution < 1.29 is 14.6 Å². The second-order valence-electron chi connectivity index (χ2n) is 9.03. The smallest absolute Gasteiger partial charge is 0.309 e. The number of pyridine rings is 1. The van der Waals surface area contributed by atoms with E-state index in [4.69, 9.17) is 21.4 Å². The van der Waals surface area contributed by atoms with E-state index in [0.29, 0.717) is 23.9 Å². The molecule has 0 saturated carbocycles. The Labute approximate surface area is 196 Å². The molecular weight excluding hydrogens is 440 g/mol. The number of nitrogens with zero attached hydrogens (tertiary/aromatic N) is 3. The van der Waals surface area contributed by atoms with Gasteiger partial charge in [-0.1, -0.05) is 43.6 Å². The number of rotatable bonds is 7. The number of H-pyrrole nitrogens is 1. The number of aromatic nitrogens is 3. The molecule has 0 radical (unpaired) electrons. The van der Waals surface area contributed by atoms with Crippen molar-refractivity contribution >= 4 is 39.4 Å². The summed E-state index contributed by atoms with van der Waals surface area (Å²) in [5, 5.41) is 19.3. The van der Waals surface area contributed by atoms with Crippen LogP contribution >= 0.6 is 11.6 Å². The molecule has 2 N–H and O–H groups in total. The number of aromatic amines is 1. The van der Waals surface area contributed by atoms with Gasteiger partial charge in [0.1, 0.15) is 11.9 Å². The zero-order chi connectivity index (χ0) is 23.1. The van der Waals surface area contributed by atoms with Gasteiger partial charge in [0.2, 0.25) is 0 Å². The van der Waals surface area contributed by atoms with Crippen molar-refractivity contribution in [3.8, 4) is 5.75 Å². The van der Waals surface area contributed by atoms with Gasteiger partial charge in [-0.05, 0) is 46.5 Å². The van der Waals surface area contributed by atoms with E-state index in [-0.39, 0.29) is 17.9 Å². The van der Waals surface area contributed by atoms with Gasteiger partial charge >= 0.3 is 5.97 Å². The van der Waals surface area contributed by atoms with E-state index in [1.165, 1.54) is 5.56 Å². The molecular formula is C25H25ClN4O3. The first-order chi connectivity index (χ1) is 15.9. The lowest BCUT2D eigenvalue weighted by Crippen LogP contribution is -2.49. The van der Waals surface area contributed by atoms with Gasteiger partial charge in [-0.25, -0.2) is 4.98 Å². The monoisotopic (exact) mass is 464 g/mol. The van der Waals surface area contributed by atoms with Gasteiger partial charge in [0, 0.05) is 31.4 Å². The summed E-state index contributed by atoms with van der Waals surface area (Å²) in [7, 11) is 0. The lowest BCUT2D eigenvalue weighted by Gasteiger charge is -2.36. The fourth-order valence-corrected chi connectivity index (χ4v) is 4.53. The van der Waals surface area contributed by atoms with E-state index in [2.05, 4.69) is 64.3 Å². The molecule has 4 aromatic rings. The van der Waals surface area contributed by atoms with Gasteiger partial charge in [-0.15, -0.1) is 0 Å². The predicted molar refractivity (Wildman–Crippen MR) is 127 cm³/mol. The number of carboxylic acids is 1. The van der Waals surface area contributed by atoms with E-state index >= 15 is 0 Å². The Balaban J connectivity index is 1.34. The maximum absolute atomic E-state index is 11.0. The largest absolute Gasteiger partial charge is 0.485 e. The van der Waals surface area contributed by atoms with Gasteiger partial charge < -0.3 is 9.84 Å². The molecule has 170 valence electrons. The molecule has 2 aromatic carbocycles. The molecule has 33 heavy (non-hydrogen) atoms. The quantitative estimate of drug-likeness (QED) is 0.397. The molecule has 1 saturated heterocycles. The predicted octanol–water partition coefficient (Wildman–Crippen LogP) is 5.06. The Hall–Kier alpha value is -3.16. The molecule has 8 heteroatoms. The summed E-state index contributed by atoms with van der Waals surface area (Å²) in [5.74, 6) is 0.0682. The van der Waals surface area contributed by atoms with Gasteiger partial charge in [0.05, 0.1) is 11.3 Å². The summed E-state index contributed by atoms with van der Waals surface area (Å²) >= 11 is 6.18. The van der Waals surface area contributed by atoms with Crippen molar-refractivity contribution in [3.05, 3.63) is 64.9 Å². The Kier molecular flexibility index (Phi) is 5.68. The second kappa shape index (κ2) is 8.65. The maximum atomic E-state index is 11.0. The highest BCUT2D eigenvalue weighted by molar-refractivity contribution is 6.34. The molecule has 5 rings (SSSR count). The fraction of sp³-hybridized carbons (Fsp3) is 0.320. The number of ether oxygens (including phenoxy) is 1. The number of halogens is 1. The normalized spacial score (nSPS) is 15.8. The van der Waals surface area contributed by atoms with Crippen LogP contribution in [0.1, 0.15) is 31.1 Å². The van der Waals surface area contributed by atoms with Crippen LogP contribution in [0.3, 0.4) is 0 Å². The van der Waals surface area contributed by atoms with E-state index < -0.39 is 5.97 Å². The summed E-state index contributed by atoms with van der Waals surface area (Å²) in [4.78, 5) is 17.6. The first-order valence-corrected chi connectivity index (χ1v) is 11.4. The Morgan fingerprint density at radius 3 is 2.73 bits per heavy atom. The molecule has 2 aromatic heterocycles. The Morgan fingerprint density at radius 2 is 1.97 bits per heavy atom. The number of carbonyl (C=O) groups is 1. The van der Waals surface area contributed by atoms with Crippen molar-refractivity contribution in [2.24, 2.45) is 11.8 Å². The van der Waals surface area contributed by atoms with Crippen molar-refractivity contribution in [3.63, 3.8) is 0 Å². The summed E-state index contributed by atoms with van der Waals surface area (Å²) in [6.07, 6.45) is 1.62. The van der Waals surface area contributed by atoms with Crippen LogP contribution in [0.15, 0.2) is 48.7 Å². The number of aliphatic carboxylic acids is 1.